The average Bonchev–Trinajstić information content (AvgIpc) is 2.74. The molecule has 14 heteroatoms. The van der Waals surface area contributed by atoms with E-state index in [9.17, 15) is 19.2 Å². The molecule has 11 nitrogen and oxygen atoms in total. The van der Waals surface area contributed by atoms with E-state index in [0.717, 1.165) is 0 Å². The molecular formula is C25H38Cl3NO10. The summed E-state index contributed by atoms with van der Waals surface area (Å²) >= 11 is 17.3. The van der Waals surface area contributed by atoms with Gasteiger partial charge in [-0.25, -0.2) is 4.79 Å². The molecule has 39 heavy (non-hydrogen) atoms. The van der Waals surface area contributed by atoms with Crippen molar-refractivity contribution >= 4 is 64.6 Å². The molecule has 0 unspecified atom stereocenters. The van der Waals surface area contributed by atoms with Gasteiger partial charge in [-0.2, -0.15) is 0 Å². The van der Waals surface area contributed by atoms with Gasteiger partial charge in [0.15, 0.2) is 18.3 Å². The number of carbonyl (C=O) groups excluding carboxylic acids is 4. The number of alkyl halides is 3. The minimum absolute atomic E-state index is 0.0803. The van der Waals surface area contributed by atoms with Crippen molar-refractivity contribution in [3.63, 3.8) is 0 Å². The molecule has 224 valence electrons. The summed E-state index contributed by atoms with van der Waals surface area (Å²) in [4.78, 5) is 52.0. The van der Waals surface area contributed by atoms with Gasteiger partial charge in [0.05, 0.1) is 22.9 Å². The number of rotatable bonds is 6. The summed E-state index contributed by atoms with van der Waals surface area (Å²) in [5, 5.41) is 8.03. The van der Waals surface area contributed by atoms with Crippen molar-refractivity contribution < 1.29 is 47.6 Å². The zero-order chi connectivity index (χ0) is 30.7. The van der Waals surface area contributed by atoms with E-state index in [2.05, 4.69) is 0 Å². The van der Waals surface area contributed by atoms with Gasteiger partial charge in [0.1, 0.15) is 0 Å². The Labute approximate surface area is 243 Å². The van der Waals surface area contributed by atoms with Gasteiger partial charge in [-0.1, -0.05) is 34.8 Å². The van der Waals surface area contributed by atoms with Crippen LogP contribution in [0.25, 0.3) is 0 Å². The van der Waals surface area contributed by atoms with E-state index in [1.807, 2.05) is 0 Å². The molecule has 0 aliphatic carbocycles. The van der Waals surface area contributed by atoms with Crippen molar-refractivity contribution in [2.75, 3.05) is 6.61 Å². The van der Waals surface area contributed by atoms with Crippen molar-refractivity contribution in [2.24, 2.45) is 16.2 Å². The van der Waals surface area contributed by atoms with Gasteiger partial charge in [0, 0.05) is 0 Å². The van der Waals surface area contributed by atoms with Crippen LogP contribution in [0.2, 0.25) is 0 Å². The molecule has 1 heterocycles. The first-order chi connectivity index (χ1) is 17.4. The summed E-state index contributed by atoms with van der Waals surface area (Å²) in [5.74, 6) is -4.31. The molecule has 1 fully saturated rings. The Bertz CT molecular complexity index is 944. The highest BCUT2D eigenvalue weighted by Crippen LogP contribution is 2.36. The van der Waals surface area contributed by atoms with Crippen LogP contribution in [0, 0.1) is 21.7 Å². The Morgan fingerprint density at radius 2 is 1.08 bits per heavy atom. The fourth-order valence-electron chi connectivity index (χ4n) is 2.79. The molecule has 0 aromatic carbocycles. The van der Waals surface area contributed by atoms with Crippen molar-refractivity contribution in [1.82, 2.24) is 0 Å². The van der Waals surface area contributed by atoms with Crippen molar-refractivity contribution in [2.45, 2.75) is 104 Å². The fourth-order valence-corrected chi connectivity index (χ4v) is 2.93. The van der Waals surface area contributed by atoms with Crippen LogP contribution in [0.15, 0.2) is 0 Å². The SMILES string of the molecule is CCOC(=O)[C@H]1O[C@H](OC(=N)C(Cl)(Cl)Cl)[C@H](OC(=O)C(C)(C)C)[C@@H](OC(=O)C(C)(C)C)[C@@H]1OC(=O)C(C)(C)C. The number of hydrogen-bond donors (Lipinski definition) is 1. The maximum atomic E-state index is 13.1. The molecule has 1 N–H and O–H groups in total. The highest BCUT2D eigenvalue weighted by molar-refractivity contribution is 6.76. The molecule has 5 atom stereocenters. The highest BCUT2D eigenvalue weighted by Gasteiger charge is 2.58. The van der Waals surface area contributed by atoms with E-state index in [0.29, 0.717) is 0 Å². The van der Waals surface area contributed by atoms with Crippen LogP contribution < -0.4 is 0 Å². The second-order valence-corrected chi connectivity index (χ2v) is 14.3. The Balaban J connectivity index is 3.82. The lowest BCUT2D eigenvalue weighted by Gasteiger charge is -2.45. The maximum Gasteiger partial charge on any atom is 0.339 e. The van der Waals surface area contributed by atoms with E-state index in [-0.39, 0.29) is 6.61 Å². The molecule has 0 amide bonds. The standard InChI is InChI=1S/C25H38Cl3NO10/c1-11-34-16(30)14-12(36-19(31)22(2,3)4)13(37-20(32)23(5,6)7)15(38-21(33)24(8,9)10)17(35-14)39-18(29)25(26,27)28/h12-15,17,29H,11H2,1-10H3/t12-,13-,14-,15+,17+/m0/s1. The number of hydrogen-bond acceptors (Lipinski definition) is 11. The van der Waals surface area contributed by atoms with Crippen LogP contribution in [-0.2, 0) is 47.6 Å². The minimum atomic E-state index is -2.37. The highest BCUT2D eigenvalue weighted by atomic mass is 35.6. The minimum Gasteiger partial charge on any atom is -0.464 e. The monoisotopic (exact) mass is 617 g/mol. The number of halogens is 3. The third-order valence-electron chi connectivity index (χ3n) is 5.07. The van der Waals surface area contributed by atoms with Crippen LogP contribution in [0.1, 0.15) is 69.2 Å². The van der Waals surface area contributed by atoms with Crippen LogP contribution in [-0.4, -0.2) is 70.9 Å². The van der Waals surface area contributed by atoms with Crippen molar-refractivity contribution in [3.8, 4) is 0 Å². The van der Waals surface area contributed by atoms with Gasteiger partial charge in [-0.3, -0.25) is 19.8 Å². The van der Waals surface area contributed by atoms with E-state index >= 15 is 0 Å². The molecule has 0 spiro atoms. The second kappa shape index (κ2) is 12.8. The average molecular weight is 619 g/mol. The van der Waals surface area contributed by atoms with Gasteiger partial charge >= 0.3 is 23.9 Å². The van der Waals surface area contributed by atoms with E-state index < -0.39 is 80.5 Å². The Kier molecular flexibility index (Phi) is 11.5. The van der Waals surface area contributed by atoms with E-state index in [4.69, 9.17) is 68.6 Å². The number of ether oxygens (including phenoxy) is 6. The lowest BCUT2D eigenvalue weighted by Crippen LogP contribution is -2.65. The lowest BCUT2D eigenvalue weighted by molar-refractivity contribution is -0.290. The first-order valence-electron chi connectivity index (χ1n) is 12.2. The summed E-state index contributed by atoms with van der Waals surface area (Å²) in [6.07, 6.45) is -8.56. The maximum absolute atomic E-state index is 13.1. The van der Waals surface area contributed by atoms with E-state index in [1.165, 1.54) is 6.92 Å². The topological polar surface area (TPSA) is 148 Å². The summed E-state index contributed by atoms with van der Waals surface area (Å²) in [5.41, 5.74) is -3.20. The molecule has 0 aromatic heterocycles. The van der Waals surface area contributed by atoms with Crippen LogP contribution >= 0.6 is 34.8 Å². The first kappa shape index (κ1) is 35.2. The second-order valence-electron chi connectivity index (χ2n) is 12.0. The van der Waals surface area contributed by atoms with Crippen LogP contribution in [0.5, 0.6) is 0 Å². The number of nitrogens with one attached hydrogen (secondary N) is 1. The van der Waals surface area contributed by atoms with E-state index in [1.54, 1.807) is 62.3 Å². The zero-order valence-corrected chi connectivity index (χ0v) is 26.1. The summed E-state index contributed by atoms with van der Waals surface area (Å²) in [6, 6.07) is 0. The van der Waals surface area contributed by atoms with Gasteiger partial charge < -0.3 is 28.4 Å². The Hall–Kier alpha value is -1.82. The molecule has 0 saturated carbocycles. The molecule has 0 aromatic rings. The molecule has 1 aliphatic heterocycles. The predicted molar refractivity (Wildman–Crippen MR) is 142 cm³/mol. The van der Waals surface area contributed by atoms with Gasteiger partial charge in [0.2, 0.25) is 18.3 Å². The van der Waals surface area contributed by atoms with Gasteiger partial charge in [0.25, 0.3) is 3.79 Å². The Morgan fingerprint density at radius 3 is 1.44 bits per heavy atom. The zero-order valence-electron chi connectivity index (χ0n) is 23.8. The first-order valence-corrected chi connectivity index (χ1v) is 13.3. The molecule has 0 radical (unpaired) electrons. The summed E-state index contributed by atoms with van der Waals surface area (Å²) in [7, 11) is 0. The van der Waals surface area contributed by atoms with Crippen LogP contribution in [0.3, 0.4) is 0 Å². The normalized spacial score (nSPS) is 24.3. The third kappa shape index (κ3) is 9.95. The van der Waals surface area contributed by atoms with Gasteiger partial charge in [-0.15, -0.1) is 0 Å². The van der Waals surface area contributed by atoms with Crippen molar-refractivity contribution in [3.05, 3.63) is 0 Å². The number of esters is 4. The smallest absolute Gasteiger partial charge is 0.339 e. The van der Waals surface area contributed by atoms with Crippen LogP contribution in [0.4, 0.5) is 0 Å². The predicted octanol–water partition coefficient (Wildman–Crippen LogP) is 4.51. The number of carbonyl (C=O) groups is 4. The fraction of sp³-hybridized carbons (Fsp3) is 0.800. The molecule has 1 aliphatic rings. The van der Waals surface area contributed by atoms with Crippen molar-refractivity contribution in [1.29, 1.82) is 5.41 Å². The molecular weight excluding hydrogens is 581 g/mol. The Morgan fingerprint density at radius 1 is 0.692 bits per heavy atom. The third-order valence-corrected chi connectivity index (χ3v) is 5.59. The van der Waals surface area contributed by atoms with Gasteiger partial charge in [-0.05, 0) is 69.2 Å². The largest absolute Gasteiger partial charge is 0.464 e. The lowest BCUT2D eigenvalue weighted by atomic mass is 9.93. The summed E-state index contributed by atoms with van der Waals surface area (Å²) < 4.78 is 30.9. The molecule has 0 bridgehead atoms. The quantitative estimate of drug-likeness (QED) is 0.148. The molecule has 1 rings (SSSR count). The summed E-state index contributed by atoms with van der Waals surface area (Å²) in [6.45, 7) is 15.5. The molecule has 1 saturated heterocycles.